The van der Waals surface area contributed by atoms with Gasteiger partial charge in [-0.25, -0.2) is 9.97 Å². The molecule has 3 aromatic rings. The van der Waals surface area contributed by atoms with E-state index in [0.717, 1.165) is 0 Å². The summed E-state index contributed by atoms with van der Waals surface area (Å²) in [6.07, 6.45) is 10.7. The molecule has 0 saturated carbocycles. The molecule has 0 aliphatic heterocycles. The van der Waals surface area contributed by atoms with Crippen LogP contribution in [0.5, 0.6) is 23.3 Å². The van der Waals surface area contributed by atoms with E-state index in [1.54, 1.807) is 60.7 Å². The molecule has 2 aromatic heterocycles. The van der Waals surface area contributed by atoms with E-state index in [1.165, 1.54) is 0 Å². The van der Waals surface area contributed by atoms with Gasteiger partial charge in [-0.3, -0.25) is 0 Å². The molecule has 2 heterocycles. The summed E-state index contributed by atoms with van der Waals surface area (Å²) in [7, 11) is 0. The van der Waals surface area contributed by atoms with Crippen molar-refractivity contribution in [2.45, 2.75) is 0 Å². The van der Waals surface area contributed by atoms with Crippen molar-refractivity contribution in [3.8, 4) is 47.9 Å². The number of nitrogens with zero attached hydrogens (tertiary/aromatic N) is 2. The van der Waals surface area contributed by atoms with Gasteiger partial charge in [-0.2, -0.15) is 0 Å². The third-order valence-electron chi connectivity index (χ3n) is 2.99. The first-order valence-electron chi connectivity index (χ1n) is 7.10. The summed E-state index contributed by atoms with van der Waals surface area (Å²) < 4.78 is 11.4. The number of terminal acetylenes is 2. The molecule has 0 fully saturated rings. The Bertz CT molecular complexity index is 877. The lowest BCUT2D eigenvalue weighted by Gasteiger charge is -2.08. The Labute approximate surface area is 140 Å². The van der Waals surface area contributed by atoms with E-state index in [9.17, 15) is 0 Å². The zero-order valence-corrected chi connectivity index (χ0v) is 12.6. The van der Waals surface area contributed by atoms with E-state index < -0.39 is 0 Å². The molecule has 0 spiro atoms. The number of benzene rings is 1. The topological polar surface area (TPSA) is 44.2 Å². The number of ether oxygens (including phenoxy) is 2. The maximum atomic E-state index is 5.70. The molecule has 0 saturated heterocycles. The summed E-state index contributed by atoms with van der Waals surface area (Å²) in [5.74, 6) is 6.90. The van der Waals surface area contributed by atoms with Gasteiger partial charge in [0.25, 0.3) is 0 Å². The number of aromatic nitrogens is 2. The fourth-order valence-electron chi connectivity index (χ4n) is 1.95. The molecule has 0 bridgehead atoms. The van der Waals surface area contributed by atoms with Crippen LogP contribution in [0.15, 0.2) is 60.7 Å². The van der Waals surface area contributed by atoms with Crippen LogP contribution in [0.3, 0.4) is 0 Å². The monoisotopic (exact) mass is 312 g/mol. The normalized spacial score (nSPS) is 9.58. The van der Waals surface area contributed by atoms with Gasteiger partial charge in [0.1, 0.15) is 22.9 Å². The van der Waals surface area contributed by atoms with Crippen LogP contribution in [0.25, 0.3) is 0 Å². The molecule has 4 heteroatoms. The predicted octanol–water partition coefficient (Wildman–Crippen LogP) is 4.02. The van der Waals surface area contributed by atoms with Crippen molar-refractivity contribution in [2.75, 3.05) is 0 Å². The Morgan fingerprint density at radius 1 is 0.667 bits per heavy atom. The van der Waals surface area contributed by atoms with Crippen molar-refractivity contribution in [1.82, 2.24) is 9.97 Å². The van der Waals surface area contributed by atoms with Crippen molar-refractivity contribution in [3.63, 3.8) is 0 Å². The largest absolute Gasteiger partial charge is 0.439 e. The molecule has 114 valence electrons. The van der Waals surface area contributed by atoms with Gasteiger partial charge >= 0.3 is 0 Å². The second kappa shape index (κ2) is 7.00. The van der Waals surface area contributed by atoms with Crippen LogP contribution in [0, 0.1) is 24.7 Å². The van der Waals surface area contributed by atoms with Crippen molar-refractivity contribution < 1.29 is 9.47 Å². The maximum Gasteiger partial charge on any atom is 0.220 e. The highest BCUT2D eigenvalue weighted by Crippen LogP contribution is 2.27. The Kier molecular flexibility index (Phi) is 4.42. The second-order valence-corrected chi connectivity index (χ2v) is 4.69. The maximum absolute atomic E-state index is 5.70. The molecule has 1 aromatic carbocycles. The third kappa shape index (κ3) is 3.71. The average molecular weight is 312 g/mol. The Morgan fingerprint density at radius 2 is 1.12 bits per heavy atom. The zero-order chi connectivity index (χ0) is 16.8. The summed E-state index contributed by atoms with van der Waals surface area (Å²) in [5, 5.41) is 0. The molecular weight excluding hydrogens is 300 g/mol. The molecule has 0 atom stereocenters. The predicted molar refractivity (Wildman–Crippen MR) is 90.9 cm³/mol. The molecule has 0 aliphatic rings. The second-order valence-electron chi connectivity index (χ2n) is 4.69. The van der Waals surface area contributed by atoms with Gasteiger partial charge in [-0.05, 0) is 24.3 Å². The minimum absolute atomic E-state index is 0.412. The minimum Gasteiger partial charge on any atom is -0.439 e. The van der Waals surface area contributed by atoms with Gasteiger partial charge in [0.15, 0.2) is 0 Å². The van der Waals surface area contributed by atoms with Crippen LogP contribution >= 0.6 is 0 Å². The van der Waals surface area contributed by atoms with E-state index in [0.29, 0.717) is 34.6 Å². The Balaban J connectivity index is 1.79. The van der Waals surface area contributed by atoms with E-state index in [1.807, 2.05) is 0 Å². The summed E-state index contributed by atoms with van der Waals surface area (Å²) >= 11 is 0. The highest BCUT2D eigenvalue weighted by Gasteiger charge is 2.04. The smallest absolute Gasteiger partial charge is 0.220 e. The summed E-state index contributed by atoms with van der Waals surface area (Å²) in [6, 6.07) is 17.6. The summed E-state index contributed by atoms with van der Waals surface area (Å²) in [6.45, 7) is 0. The Morgan fingerprint density at radius 3 is 1.58 bits per heavy atom. The van der Waals surface area contributed by atoms with Crippen LogP contribution < -0.4 is 9.47 Å². The van der Waals surface area contributed by atoms with Gasteiger partial charge in [-0.15, -0.1) is 12.8 Å². The number of pyridine rings is 2. The van der Waals surface area contributed by atoms with Crippen molar-refractivity contribution in [1.29, 1.82) is 0 Å². The molecular formula is C20H12N2O2. The van der Waals surface area contributed by atoms with Crippen molar-refractivity contribution >= 4 is 0 Å². The summed E-state index contributed by atoms with van der Waals surface area (Å²) in [5.41, 5.74) is 1.02. The van der Waals surface area contributed by atoms with Gasteiger partial charge in [0, 0.05) is 18.2 Å². The number of rotatable bonds is 4. The molecule has 4 nitrogen and oxygen atoms in total. The van der Waals surface area contributed by atoms with Gasteiger partial charge in [0.2, 0.25) is 11.8 Å². The van der Waals surface area contributed by atoms with E-state index in [-0.39, 0.29) is 0 Å². The fourth-order valence-corrected chi connectivity index (χ4v) is 1.95. The molecule has 0 aliphatic carbocycles. The highest BCUT2D eigenvalue weighted by molar-refractivity contribution is 5.38. The average Bonchev–Trinajstić information content (AvgIpc) is 2.62. The van der Waals surface area contributed by atoms with Crippen LogP contribution in [-0.2, 0) is 0 Å². The zero-order valence-electron chi connectivity index (χ0n) is 12.6. The molecule has 0 N–H and O–H groups in total. The van der Waals surface area contributed by atoms with E-state index in [4.69, 9.17) is 22.3 Å². The summed E-state index contributed by atoms with van der Waals surface area (Å²) in [4.78, 5) is 8.38. The lowest BCUT2D eigenvalue weighted by Crippen LogP contribution is -1.92. The molecule has 24 heavy (non-hydrogen) atoms. The third-order valence-corrected chi connectivity index (χ3v) is 2.99. The van der Waals surface area contributed by atoms with Crippen molar-refractivity contribution in [3.05, 3.63) is 72.1 Å². The van der Waals surface area contributed by atoms with Gasteiger partial charge < -0.3 is 9.47 Å². The first-order valence-corrected chi connectivity index (χ1v) is 7.10. The number of hydrogen-bond donors (Lipinski definition) is 0. The molecule has 0 radical (unpaired) electrons. The van der Waals surface area contributed by atoms with E-state index >= 15 is 0 Å². The standard InChI is InChI=1S/C20H12N2O2/c1-3-15-8-5-12-19(21-15)23-17-10-7-11-18(14-17)24-20-13-6-9-16(4-2)22-20/h1-2,5-14H. The van der Waals surface area contributed by atoms with Crippen LogP contribution in [0.1, 0.15) is 11.4 Å². The van der Waals surface area contributed by atoms with E-state index in [2.05, 4.69) is 21.8 Å². The molecule has 3 rings (SSSR count). The number of hydrogen-bond acceptors (Lipinski definition) is 4. The van der Waals surface area contributed by atoms with Crippen LogP contribution in [0.4, 0.5) is 0 Å². The first-order chi connectivity index (χ1) is 11.8. The molecule has 0 amide bonds. The van der Waals surface area contributed by atoms with Crippen LogP contribution in [-0.4, -0.2) is 9.97 Å². The quantitative estimate of drug-likeness (QED) is 0.682. The van der Waals surface area contributed by atoms with Crippen LogP contribution in [0.2, 0.25) is 0 Å². The molecule has 0 unspecified atom stereocenters. The lowest BCUT2D eigenvalue weighted by atomic mass is 10.3. The Hall–Kier alpha value is -3.76. The first kappa shape index (κ1) is 15.1. The minimum atomic E-state index is 0.412. The SMILES string of the molecule is C#Cc1cccc(Oc2cccc(Oc3cccc(C#C)n3)c2)n1. The lowest BCUT2D eigenvalue weighted by molar-refractivity contribution is 0.441. The van der Waals surface area contributed by atoms with Gasteiger partial charge in [-0.1, -0.05) is 30.0 Å². The van der Waals surface area contributed by atoms with Crippen molar-refractivity contribution in [2.24, 2.45) is 0 Å². The highest BCUT2D eigenvalue weighted by atomic mass is 16.5. The van der Waals surface area contributed by atoms with Gasteiger partial charge in [0.05, 0.1) is 0 Å². The fraction of sp³-hybridized carbons (Fsp3) is 0.